The second-order valence-corrected chi connectivity index (χ2v) is 7.84. The van der Waals surface area contributed by atoms with Gasteiger partial charge in [-0.05, 0) is 24.8 Å². The van der Waals surface area contributed by atoms with Crippen LogP contribution in [0.5, 0.6) is 0 Å². The van der Waals surface area contributed by atoms with Gasteiger partial charge in [-0.2, -0.15) is 0 Å². The Bertz CT molecular complexity index is 450. The molecule has 1 saturated heterocycles. The van der Waals surface area contributed by atoms with E-state index in [0.29, 0.717) is 6.61 Å². The zero-order valence-electron chi connectivity index (χ0n) is 14.0. The molecule has 0 aliphatic carbocycles. The Morgan fingerprint density at radius 3 is 2.48 bits per heavy atom. The van der Waals surface area contributed by atoms with Gasteiger partial charge < -0.3 is 9.84 Å². The molecule has 0 radical (unpaired) electrons. The van der Waals surface area contributed by atoms with Crippen LogP contribution < -0.4 is 0 Å². The van der Waals surface area contributed by atoms with Crippen LogP contribution in [0.1, 0.15) is 40.2 Å². The number of aliphatic hydroxyl groups excluding tert-OH is 1. The standard InChI is InChI=1S/C18H29NO2/c1-17(2,3)16(20)15-12-19(18(4,5)13-21-15)11-14-9-7-6-8-10-14/h6-10,15-16,20H,11-13H2,1-5H3/t15-,16?/m1/s1. The molecule has 1 aliphatic rings. The summed E-state index contributed by atoms with van der Waals surface area (Å²) >= 11 is 0. The van der Waals surface area contributed by atoms with E-state index < -0.39 is 6.10 Å². The molecule has 1 heterocycles. The quantitative estimate of drug-likeness (QED) is 0.929. The molecule has 0 spiro atoms. The Balaban J connectivity index is 2.10. The molecule has 0 bridgehead atoms. The SMILES string of the molecule is CC(C)(C)C(O)[C@H]1CN(Cc2ccccc2)C(C)(C)CO1. The van der Waals surface area contributed by atoms with E-state index in [1.807, 2.05) is 6.07 Å². The molecule has 0 amide bonds. The van der Waals surface area contributed by atoms with E-state index in [9.17, 15) is 5.11 Å². The van der Waals surface area contributed by atoms with Gasteiger partial charge in [0.2, 0.25) is 0 Å². The fourth-order valence-electron chi connectivity index (χ4n) is 2.75. The van der Waals surface area contributed by atoms with Crippen LogP contribution in [0.2, 0.25) is 0 Å². The molecule has 3 heteroatoms. The fourth-order valence-corrected chi connectivity index (χ4v) is 2.75. The highest BCUT2D eigenvalue weighted by Gasteiger charge is 2.40. The van der Waals surface area contributed by atoms with E-state index in [1.54, 1.807) is 0 Å². The van der Waals surface area contributed by atoms with E-state index in [4.69, 9.17) is 4.74 Å². The zero-order chi connectivity index (χ0) is 15.7. The van der Waals surface area contributed by atoms with Gasteiger partial charge in [0.1, 0.15) is 0 Å². The van der Waals surface area contributed by atoms with Crippen molar-refractivity contribution in [3.8, 4) is 0 Å². The van der Waals surface area contributed by atoms with Crippen LogP contribution in [-0.2, 0) is 11.3 Å². The number of rotatable bonds is 3. The highest BCUT2D eigenvalue weighted by Crippen LogP contribution is 2.30. The van der Waals surface area contributed by atoms with Crippen molar-refractivity contribution in [3.05, 3.63) is 35.9 Å². The van der Waals surface area contributed by atoms with Crippen LogP contribution in [-0.4, -0.2) is 40.9 Å². The average molecular weight is 291 g/mol. The van der Waals surface area contributed by atoms with Crippen molar-refractivity contribution in [2.75, 3.05) is 13.2 Å². The minimum absolute atomic E-state index is 0.00997. The van der Waals surface area contributed by atoms with Crippen LogP contribution >= 0.6 is 0 Å². The summed E-state index contributed by atoms with van der Waals surface area (Å²) < 4.78 is 5.96. The van der Waals surface area contributed by atoms with Gasteiger partial charge in [-0.3, -0.25) is 4.90 Å². The van der Waals surface area contributed by atoms with Gasteiger partial charge in [0.05, 0.1) is 18.8 Å². The first-order chi connectivity index (χ1) is 9.70. The van der Waals surface area contributed by atoms with Crippen molar-refractivity contribution < 1.29 is 9.84 Å². The number of benzene rings is 1. The molecule has 21 heavy (non-hydrogen) atoms. The van der Waals surface area contributed by atoms with Crippen molar-refractivity contribution >= 4 is 0 Å². The Morgan fingerprint density at radius 2 is 1.90 bits per heavy atom. The zero-order valence-corrected chi connectivity index (χ0v) is 14.0. The van der Waals surface area contributed by atoms with Crippen LogP contribution in [0, 0.1) is 5.41 Å². The maximum atomic E-state index is 10.5. The Morgan fingerprint density at radius 1 is 1.29 bits per heavy atom. The number of hydrogen-bond acceptors (Lipinski definition) is 3. The maximum absolute atomic E-state index is 10.5. The van der Waals surface area contributed by atoms with Crippen LogP contribution in [0.3, 0.4) is 0 Å². The third-order valence-electron chi connectivity index (χ3n) is 4.36. The lowest BCUT2D eigenvalue weighted by Crippen LogP contribution is -2.59. The highest BCUT2D eigenvalue weighted by molar-refractivity contribution is 5.15. The largest absolute Gasteiger partial charge is 0.390 e. The topological polar surface area (TPSA) is 32.7 Å². The van der Waals surface area contributed by atoms with Crippen LogP contribution in [0.4, 0.5) is 0 Å². The lowest BCUT2D eigenvalue weighted by Gasteiger charge is -2.48. The van der Waals surface area contributed by atoms with Crippen molar-refractivity contribution in [3.63, 3.8) is 0 Å². The molecular formula is C18H29NO2. The summed E-state index contributed by atoms with van der Waals surface area (Å²) in [4.78, 5) is 2.42. The average Bonchev–Trinajstić information content (AvgIpc) is 2.40. The lowest BCUT2D eigenvalue weighted by molar-refractivity contribution is -0.160. The molecule has 0 saturated carbocycles. The third kappa shape index (κ3) is 4.06. The minimum atomic E-state index is -0.452. The van der Waals surface area contributed by atoms with Gasteiger partial charge in [-0.25, -0.2) is 0 Å². The van der Waals surface area contributed by atoms with Crippen molar-refractivity contribution in [2.24, 2.45) is 5.41 Å². The van der Waals surface area contributed by atoms with Crippen molar-refractivity contribution in [1.82, 2.24) is 4.90 Å². The number of ether oxygens (including phenoxy) is 1. The summed E-state index contributed by atoms with van der Waals surface area (Å²) in [7, 11) is 0. The summed E-state index contributed by atoms with van der Waals surface area (Å²) in [5, 5.41) is 10.5. The third-order valence-corrected chi connectivity index (χ3v) is 4.36. The Hall–Kier alpha value is -0.900. The van der Waals surface area contributed by atoms with Gasteiger partial charge >= 0.3 is 0 Å². The number of morpholine rings is 1. The van der Waals surface area contributed by atoms with Crippen molar-refractivity contribution in [2.45, 2.75) is 58.9 Å². The van der Waals surface area contributed by atoms with E-state index >= 15 is 0 Å². The van der Waals surface area contributed by atoms with E-state index in [1.165, 1.54) is 5.56 Å². The molecule has 1 unspecified atom stereocenters. The second kappa shape index (κ2) is 6.07. The number of hydrogen-bond donors (Lipinski definition) is 1. The summed E-state index contributed by atoms with van der Waals surface area (Å²) in [5.41, 5.74) is 1.13. The number of nitrogens with zero attached hydrogens (tertiary/aromatic N) is 1. The first-order valence-corrected chi connectivity index (χ1v) is 7.79. The van der Waals surface area contributed by atoms with Gasteiger partial charge in [0.15, 0.2) is 0 Å². The molecule has 0 aromatic heterocycles. The molecule has 1 fully saturated rings. The summed E-state index contributed by atoms with van der Waals surface area (Å²) in [5.74, 6) is 0. The molecule has 118 valence electrons. The van der Waals surface area contributed by atoms with E-state index in [0.717, 1.165) is 13.1 Å². The molecule has 1 aliphatic heterocycles. The van der Waals surface area contributed by atoms with Gasteiger partial charge in [-0.1, -0.05) is 51.1 Å². The molecule has 3 nitrogen and oxygen atoms in total. The van der Waals surface area contributed by atoms with E-state index in [2.05, 4.69) is 63.8 Å². The molecule has 2 atom stereocenters. The van der Waals surface area contributed by atoms with Crippen molar-refractivity contribution in [1.29, 1.82) is 0 Å². The fraction of sp³-hybridized carbons (Fsp3) is 0.667. The van der Waals surface area contributed by atoms with Gasteiger partial charge in [0, 0.05) is 18.6 Å². The molecule has 1 aromatic rings. The predicted octanol–water partition coefficient (Wildman–Crippen LogP) is 3.07. The van der Waals surface area contributed by atoms with Gasteiger partial charge in [-0.15, -0.1) is 0 Å². The second-order valence-electron chi connectivity index (χ2n) is 7.84. The Labute approximate surface area is 128 Å². The number of aliphatic hydroxyl groups is 1. The molecular weight excluding hydrogens is 262 g/mol. The summed E-state index contributed by atoms with van der Waals surface area (Å²) in [6.45, 7) is 12.9. The van der Waals surface area contributed by atoms with Crippen LogP contribution in [0.25, 0.3) is 0 Å². The highest BCUT2D eigenvalue weighted by atomic mass is 16.5. The molecule has 2 rings (SSSR count). The van der Waals surface area contributed by atoms with Crippen LogP contribution in [0.15, 0.2) is 30.3 Å². The Kier molecular flexibility index (Phi) is 4.76. The predicted molar refractivity (Wildman–Crippen MR) is 86.1 cm³/mol. The molecule has 1 aromatic carbocycles. The van der Waals surface area contributed by atoms with Gasteiger partial charge in [0.25, 0.3) is 0 Å². The lowest BCUT2D eigenvalue weighted by atomic mass is 9.84. The van der Waals surface area contributed by atoms with E-state index in [-0.39, 0.29) is 17.1 Å². The summed E-state index contributed by atoms with van der Waals surface area (Å²) in [6.07, 6.45) is -0.575. The molecule has 1 N–H and O–H groups in total. The normalized spacial score (nSPS) is 24.8. The first-order valence-electron chi connectivity index (χ1n) is 7.79. The summed E-state index contributed by atoms with van der Waals surface area (Å²) in [6, 6.07) is 10.5. The maximum Gasteiger partial charge on any atom is 0.0966 e. The monoisotopic (exact) mass is 291 g/mol. The minimum Gasteiger partial charge on any atom is -0.390 e. The smallest absolute Gasteiger partial charge is 0.0966 e. The first kappa shape index (κ1) is 16.5.